The molecule has 0 saturated heterocycles. The van der Waals surface area contributed by atoms with E-state index in [1.54, 1.807) is 0 Å². The Morgan fingerprint density at radius 2 is 1.25 bits per heavy atom. The minimum atomic E-state index is 0. The van der Waals surface area contributed by atoms with E-state index >= 15 is 0 Å². The summed E-state index contributed by atoms with van der Waals surface area (Å²) in [5.41, 5.74) is 0. The Hall–Kier alpha value is 2.02. The molecule has 0 aromatic heterocycles. The van der Waals surface area contributed by atoms with Crippen molar-refractivity contribution in [2.45, 2.75) is 0 Å². The van der Waals surface area contributed by atoms with Crippen molar-refractivity contribution in [3.63, 3.8) is 0 Å². The van der Waals surface area contributed by atoms with Crippen LogP contribution in [0, 0.1) is 0 Å². The predicted molar refractivity (Wildman–Crippen MR) is 20.2 cm³/mol. The Morgan fingerprint density at radius 3 is 1.25 bits per heavy atom. The summed E-state index contributed by atoms with van der Waals surface area (Å²) in [6.07, 6.45) is 0. The third-order valence-corrected chi connectivity index (χ3v) is 0. The second kappa shape index (κ2) is 8.90. The summed E-state index contributed by atoms with van der Waals surface area (Å²) in [5, 5.41) is 0. The van der Waals surface area contributed by atoms with Crippen LogP contribution in [-0.4, -0.2) is 27.3 Å². The molecule has 4 heteroatoms. The van der Waals surface area contributed by atoms with Gasteiger partial charge in [0, 0.05) is 0 Å². The van der Waals surface area contributed by atoms with Gasteiger partial charge in [0.2, 0.25) is 0 Å². The van der Waals surface area contributed by atoms with Gasteiger partial charge in [0.1, 0.15) is 0 Å². The van der Waals surface area contributed by atoms with Gasteiger partial charge in [-0.3, -0.25) is 0 Å². The van der Waals surface area contributed by atoms with E-state index in [2.05, 4.69) is 20.2 Å². The Labute approximate surface area is 60.0 Å². The third-order valence-electron chi connectivity index (χ3n) is 0. The Balaban J connectivity index is 0. The zero-order valence-electron chi connectivity index (χ0n) is 1.76. The quantitative estimate of drug-likeness (QED) is 0.561. The first-order chi connectivity index (χ1) is 1.41. The van der Waals surface area contributed by atoms with Crippen molar-refractivity contribution in [3.05, 3.63) is 0 Å². The van der Waals surface area contributed by atoms with Crippen molar-refractivity contribution < 1.29 is 13.1 Å². The number of rotatable bonds is 0. The minimum absolute atomic E-state index is 0. The van der Waals surface area contributed by atoms with E-state index in [0.717, 1.165) is 13.1 Å². The van der Waals surface area contributed by atoms with E-state index in [-0.39, 0.29) is 27.3 Å². The summed E-state index contributed by atoms with van der Waals surface area (Å²) in [6.45, 7) is 0. The first-order valence-electron chi connectivity index (χ1n) is 0.228. The van der Waals surface area contributed by atoms with Gasteiger partial charge < -0.3 is 0 Å². The molecule has 0 atom stereocenters. The van der Waals surface area contributed by atoms with E-state index in [4.69, 9.17) is 0 Å². The molecule has 0 heterocycles. The van der Waals surface area contributed by atoms with Crippen molar-refractivity contribution in [2.24, 2.45) is 0 Å². The van der Waals surface area contributed by atoms with Crippen molar-refractivity contribution in [3.8, 4) is 0 Å². The average Bonchev–Trinajstić information content (AvgIpc) is 0.918. The molecule has 0 aliphatic rings. The molecule has 4 heavy (non-hydrogen) atoms. The number of hydrogen-bond donors (Lipinski definition) is 0. The molecule has 0 bridgehead atoms. The first kappa shape index (κ1) is 9.39. The summed E-state index contributed by atoms with van der Waals surface area (Å²) < 4.78 is 0. The molecule has 0 amide bonds. The van der Waals surface area contributed by atoms with Crippen LogP contribution in [0.2, 0.25) is 0 Å². The zero-order valence-corrected chi connectivity index (χ0v) is 9.72. The molecule has 0 N–H and O–H groups in total. The molecule has 0 nitrogen and oxygen atoms in total. The SMILES string of the molecule is [Cl][Cu][Cl].[PbH2]. The van der Waals surface area contributed by atoms with Gasteiger partial charge in [-0.05, 0) is 0 Å². The van der Waals surface area contributed by atoms with Crippen LogP contribution in [0.4, 0.5) is 0 Å². The Morgan fingerprint density at radius 1 is 1.25 bits per heavy atom. The van der Waals surface area contributed by atoms with Gasteiger partial charge in [-0.25, -0.2) is 0 Å². The summed E-state index contributed by atoms with van der Waals surface area (Å²) in [5.74, 6) is 0. The van der Waals surface area contributed by atoms with Crippen molar-refractivity contribution in [2.75, 3.05) is 0 Å². The summed E-state index contributed by atoms with van der Waals surface area (Å²) >= 11 is 0.757. The van der Waals surface area contributed by atoms with E-state index < -0.39 is 0 Å². The van der Waals surface area contributed by atoms with Gasteiger partial charge in [0.05, 0.1) is 0 Å². The molecule has 0 aliphatic heterocycles. The molecule has 31 valence electrons. The molecule has 0 spiro atoms. The van der Waals surface area contributed by atoms with Crippen LogP contribution in [0.25, 0.3) is 0 Å². The maximum atomic E-state index is 4.67. The van der Waals surface area contributed by atoms with Crippen LogP contribution in [0.5, 0.6) is 0 Å². The Bertz CT molecular complexity index is 6.00. The van der Waals surface area contributed by atoms with Gasteiger partial charge >= 0.3 is 60.6 Å². The fourth-order valence-corrected chi connectivity index (χ4v) is 0. The van der Waals surface area contributed by atoms with E-state index in [0.29, 0.717) is 0 Å². The molecule has 0 rings (SSSR count). The van der Waals surface area contributed by atoms with Crippen LogP contribution < -0.4 is 0 Å². The zero-order chi connectivity index (χ0) is 2.71. The Kier molecular flexibility index (Phi) is 20.9. The van der Waals surface area contributed by atoms with E-state index in [1.165, 1.54) is 0 Å². The standard InChI is InChI=1S/2ClH.Cu.Pb.2H/h2*1H;;;;/q;;+2;;;/p-2. The molecule has 0 fully saturated rings. The van der Waals surface area contributed by atoms with Crippen LogP contribution >= 0.6 is 20.2 Å². The fraction of sp³-hybridized carbons (Fsp3) is 0. The topological polar surface area (TPSA) is 0 Å². The van der Waals surface area contributed by atoms with Crippen LogP contribution in [0.3, 0.4) is 0 Å². The van der Waals surface area contributed by atoms with Crippen LogP contribution in [0.15, 0.2) is 0 Å². The number of halogens is 2. The number of hydrogen-bond acceptors (Lipinski definition) is 0. The van der Waals surface area contributed by atoms with Crippen LogP contribution in [-0.2, 0) is 13.1 Å². The molecular weight excluding hydrogens is 342 g/mol. The van der Waals surface area contributed by atoms with Gasteiger partial charge in [0.25, 0.3) is 0 Å². The van der Waals surface area contributed by atoms with E-state index in [9.17, 15) is 0 Å². The van der Waals surface area contributed by atoms with Gasteiger partial charge in [-0.2, -0.15) is 0 Å². The first-order valence-corrected chi connectivity index (χ1v) is 2.82. The van der Waals surface area contributed by atoms with Crippen molar-refractivity contribution in [1.82, 2.24) is 0 Å². The van der Waals surface area contributed by atoms with Crippen LogP contribution in [0.1, 0.15) is 0 Å². The van der Waals surface area contributed by atoms with Gasteiger partial charge in [-0.15, -0.1) is 0 Å². The molecule has 0 aromatic rings. The van der Waals surface area contributed by atoms with Crippen molar-refractivity contribution >= 4 is 47.5 Å². The van der Waals surface area contributed by atoms with Gasteiger partial charge in [-0.1, -0.05) is 0 Å². The third kappa shape index (κ3) is 8.98. The summed E-state index contributed by atoms with van der Waals surface area (Å²) in [4.78, 5) is 0. The normalized spacial score (nSPS) is 5.50. The molecule has 0 saturated carbocycles. The van der Waals surface area contributed by atoms with Gasteiger partial charge in [0.15, 0.2) is 0 Å². The average molecular weight is 344 g/mol. The van der Waals surface area contributed by atoms with E-state index in [1.807, 2.05) is 0 Å². The molecule has 0 aliphatic carbocycles. The molecule has 0 unspecified atom stereocenters. The summed E-state index contributed by atoms with van der Waals surface area (Å²) in [6, 6.07) is 0. The second-order valence-corrected chi connectivity index (χ2v) is 1.60. The summed E-state index contributed by atoms with van der Waals surface area (Å²) in [7, 11) is 9.34. The monoisotopic (exact) mass is 343 g/mol. The van der Waals surface area contributed by atoms with Crippen molar-refractivity contribution in [1.29, 1.82) is 0 Å². The second-order valence-electron chi connectivity index (χ2n) is 0.0431. The molecular formula is H2Cl2CuPb. The predicted octanol–water partition coefficient (Wildman–Crippen LogP) is 0.460. The maximum absolute atomic E-state index is 4.67. The molecule has 2 radical (unpaired) electrons. The fourth-order valence-electron chi connectivity index (χ4n) is 0. The molecule has 0 aromatic carbocycles.